The van der Waals surface area contributed by atoms with E-state index in [2.05, 4.69) is 15.5 Å². The number of H-pyrrole nitrogens is 1. The molecule has 2 bridgehead atoms. The van der Waals surface area contributed by atoms with Crippen molar-refractivity contribution in [2.24, 2.45) is 0 Å². The lowest BCUT2D eigenvalue weighted by Gasteiger charge is -2.35. The van der Waals surface area contributed by atoms with Crippen molar-refractivity contribution in [3.8, 4) is 10.6 Å². The Labute approximate surface area is 145 Å². The van der Waals surface area contributed by atoms with Gasteiger partial charge in [-0.3, -0.25) is 9.89 Å². The fourth-order valence-corrected chi connectivity index (χ4v) is 4.37. The number of piperidine rings is 1. The summed E-state index contributed by atoms with van der Waals surface area (Å²) in [6, 6.07) is 7.38. The van der Waals surface area contributed by atoms with E-state index < -0.39 is 0 Å². The molecule has 4 rings (SSSR count). The standard InChI is InChI=1S/C16H20N4OS.ClH/c1-20(12-7-10-4-5-11(8-12)17-10)16(21)14-9-13(18-19-14)15-3-2-6-22-15;/h2-3,6,9-12,17H,4-5,7-8H2,1H3,(H,18,19);1H. The summed E-state index contributed by atoms with van der Waals surface area (Å²) in [6.07, 6.45) is 4.60. The van der Waals surface area contributed by atoms with E-state index >= 15 is 0 Å². The van der Waals surface area contributed by atoms with Crippen LogP contribution in [-0.4, -0.2) is 46.2 Å². The fraction of sp³-hybridized carbons (Fsp3) is 0.500. The van der Waals surface area contributed by atoms with Gasteiger partial charge in [0.2, 0.25) is 0 Å². The Morgan fingerprint density at radius 1 is 1.35 bits per heavy atom. The van der Waals surface area contributed by atoms with Gasteiger partial charge >= 0.3 is 0 Å². The van der Waals surface area contributed by atoms with E-state index in [0.717, 1.165) is 23.4 Å². The van der Waals surface area contributed by atoms with Crippen molar-refractivity contribution in [1.82, 2.24) is 20.4 Å². The van der Waals surface area contributed by atoms with Crippen LogP contribution < -0.4 is 5.32 Å². The van der Waals surface area contributed by atoms with Crippen LogP contribution in [-0.2, 0) is 0 Å². The first-order valence-electron chi connectivity index (χ1n) is 7.83. The highest BCUT2D eigenvalue weighted by Crippen LogP contribution is 2.30. The van der Waals surface area contributed by atoms with Gasteiger partial charge < -0.3 is 10.2 Å². The molecule has 5 nitrogen and oxygen atoms in total. The van der Waals surface area contributed by atoms with E-state index in [4.69, 9.17) is 0 Å². The van der Waals surface area contributed by atoms with Gasteiger partial charge in [0, 0.05) is 25.2 Å². The molecule has 1 amide bonds. The number of rotatable bonds is 3. The molecule has 2 aliphatic rings. The van der Waals surface area contributed by atoms with Gasteiger partial charge in [0.1, 0.15) is 0 Å². The van der Waals surface area contributed by atoms with E-state index in [0.29, 0.717) is 23.8 Å². The van der Waals surface area contributed by atoms with Gasteiger partial charge in [-0.25, -0.2) is 0 Å². The topological polar surface area (TPSA) is 61.0 Å². The Morgan fingerprint density at radius 2 is 2.09 bits per heavy atom. The minimum absolute atomic E-state index is 0. The van der Waals surface area contributed by atoms with Gasteiger partial charge in [0.15, 0.2) is 5.69 Å². The average Bonchev–Trinajstić information content (AvgIpc) is 3.25. The maximum atomic E-state index is 12.7. The molecule has 0 aliphatic carbocycles. The Balaban J connectivity index is 0.00000156. The first-order valence-corrected chi connectivity index (χ1v) is 8.71. The maximum Gasteiger partial charge on any atom is 0.274 e. The van der Waals surface area contributed by atoms with Crippen LogP contribution >= 0.6 is 23.7 Å². The molecule has 2 aliphatic heterocycles. The molecule has 2 unspecified atom stereocenters. The zero-order valence-electron chi connectivity index (χ0n) is 13.0. The molecule has 2 fully saturated rings. The number of fused-ring (bicyclic) bond motifs is 2. The molecule has 0 aromatic carbocycles. The molecule has 2 saturated heterocycles. The molecule has 2 aromatic heterocycles. The smallest absolute Gasteiger partial charge is 0.274 e. The van der Waals surface area contributed by atoms with Crippen molar-refractivity contribution in [3.63, 3.8) is 0 Å². The van der Waals surface area contributed by atoms with Crippen molar-refractivity contribution in [2.75, 3.05) is 7.05 Å². The van der Waals surface area contributed by atoms with Crippen molar-refractivity contribution in [1.29, 1.82) is 0 Å². The van der Waals surface area contributed by atoms with Crippen LogP contribution in [0.1, 0.15) is 36.2 Å². The Hall–Kier alpha value is -1.37. The highest BCUT2D eigenvalue weighted by molar-refractivity contribution is 7.13. The predicted octanol–water partition coefficient (Wildman–Crippen LogP) is 2.92. The number of nitrogens with zero attached hydrogens (tertiary/aromatic N) is 2. The van der Waals surface area contributed by atoms with Gasteiger partial charge in [-0.05, 0) is 43.2 Å². The monoisotopic (exact) mass is 352 g/mol. The minimum atomic E-state index is 0. The van der Waals surface area contributed by atoms with E-state index in [9.17, 15) is 4.79 Å². The summed E-state index contributed by atoms with van der Waals surface area (Å²) < 4.78 is 0. The lowest BCUT2D eigenvalue weighted by atomic mass is 9.98. The molecule has 0 radical (unpaired) electrons. The van der Waals surface area contributed by atoms with E-state index in [-0.39, 0.29) is 18.3 Å². The van der Waals surface area contributed by atoms with Gasteiger partial charge in [0.25, 0.3) is 5.91 Å². The number of carbonyl (C=O) groups excluding carboxylic acids is 1. The van der Waals surface area contributed by atoms with E-state index in [1.54, 1.807) is 11.3 Å². The molecule has 124 valence electrons. The van der Waals surface area contributed by atoms with Gasteiger partial charge in [-0.1, -0.05) is 6.07 Å². The van der Waals surface area contributed by atoms with Crippen LogP contribution in [0.2, 0.25) is 0 Å². The molecule has 2 aromatic rings. The molecule has 2 N–H and O–H groups in total. The number of amides is 1. The summed E-state index contributed by atoms with van der Waals surface area (Å²) in [5, 5.41) is 12.8. The number of hydrogen-bond donors (Lipinski definition) is 2. The summed E-state index contributed by atoms with van der Waals surface area (Å²) in [6.45, 7) is 0. The Morgan fingerprint density at radius 3 is 2.74 bits per heavy atom. The van der Waals surface area contributed by atoms with Crippen LogP contribution in [0.25, 0.3) is 10.6 Å². The van der Waals surface area contributed by atoms with Crippen LogP contribution in [0.15, 0.2) is 23.6 Å². The van der Waals surface area contributed by atoms with E-state index in [1.165, 1.54) is 12.8 Å². The summed E-state index contributed by atoms with van der Waals surface area (Å²) in [7, 11) is 1.91. The summed E-state index contributed by atoms with van der Waals surface area (Å²) >= 11 is 1.64. The molecule has 0 saturated carbocycles. The summed E-state index contributed by atoms with van der Waals surface area (Å²) in [5.41, 5.74) is 1.42. The van der Waals surface area contributed by atoms with Crippen molar-refractivity contribution in [3.05, 3.63) is 29.3 Å². The predicted molar refractivity (Wildman–Crippen MR) is 94.2 cm³/mol. The average molecular weight is 353 g/mol. The van der Waals surface area contributed by atoms with Crippen molar-refractivity contribution >= 4 is 29.7 Å². The van der Waals surface area contributed by atoms with Crippen LogP contribution in [0, 0.1) is 0 Å². The highest BCUT2D eigenvalue weighted by atomic mass is 35.5. The number of aromatic nitrogens is 2. The zero-order chi connectivity index (χ0) is 15.1. The number of nitrogens with one attached hydrogen (secondary N) is 2. The Kier molecular flexibility index (Phi) is 4.75. The van der Waals surface area contributed by atoms with Crippen LogP contribution in [0.5, 0.6) is 0 Å². The lowest BCUT2D eigenvalue weighted by molar-refractivity contribution is 0.0675. The summed E-state index contributed by atoms with van der Waals surface area (Å²) in [4.78, 5) is 15.7. The highest BCUT2D eigenvalue weighted by Gasteiger charge is 2.36. The Bertz CT molecular complexity index is 659. The molecule has 7 heteroatoms. The molecule has 2 atom stereocenters. The number of aromatic amines is 1. The quantitative estimate of drug-likeness (QED) is 0.892. The third-order valence-corrected chi connectivity index (χ3v) is 5.80. The van der Waals surface area contributed by atoms with Gasteiger partial charge in [0.05, 0.1) is 10.6 Å². The number of halogens is 1. The second-order valence-electron chi connectivity index (χ2n) is 6.32. The zero-order valence-corrected chi connectivity index (χ0v) is 14.6. The molecular formula is C16H21ClN4OS. The normalized spacial score (nSPS) is 25.9. The fourth-order valence-electron chi connectivity index (χ4n) is 3.68. The van der Waals surface area contributed by atoms with Crippen LogP contribution in [0.4, 0.5) is 0 Å². The SMILES string of the molecule is CN(C(=O)c1cc(-c2cccs2)[nH]n1)C1CC2CCC(C1)N2.Cl. The number of thiophene rings is 1. The second kappa shape index (κ2) is 6.63. The lowest BCUT2D eigenvalue weighted by Crippen LogP contribution is -2.48. The van der Waals surface area contributed by atoms with Gasteiger partial charge in [-0.15, -0.1) is 23.7 Å². The molecule has 4 heterocycles. The summed E-state index contributed by atoms with van der Waals surface area (Å²) in [5.74, 6) is 0.0188. The number of hydrogen-bond acceptors (Lipinski definition) is 4. The van der Waals surface area contributed by atoms with E-state index in [1.807, 2.05) is 35.5 Å². The molecule has 23 heavy (non-hydrogen) atoms. The first-order chi connectivity index (χ1) is 10.7. The van der Waals surface area contributed by atoms with Crippen molar-refractivity contribution in [2.45, 2.75) is 43.8 Å². The number of carbonyl (C=O) groups is 1. The molecule has 0 spiro atoms. The van der Waals surface area contributed by atoms with Gasteiger partial charge in [-0.2, -0.15) is 5.10 Å². The minimum Gasteiger partial charge on any atom is -0.337 e. The third kappa shape index (κ3) is 3.16. The van der Waals surface area contributed by atoms with Crippen molar-refractivity contribution < 1.29 is 4.79 Å². The third-order valence-electron chi connectivity index (χ3n) is 4.90. The van der Waals surface area contributed by atoms with Crippen LogP contribution in [0.3, 0.4) is 0 Å². The first kappa shape index (κ1) is 16.5. The largest absolute Gasteiger partial charge is 0.337 e. The molecular weight excluding hydrogens is 332 g/mol. The second-order valence-corrected chi connectivity index (χ2v) is 7.27. The maximum absolute atomic E-state index is 12.7.